The Balaban J connectivity index is 1.31. The largest absolute Gasteiger partial charge is 0.360 e. The zero-order valence-electron chi connectivity index (χ0n) is 15.4. The molecule has 0 aromatic carbocycles. The predicted molar refractivity (Wildman–Crippen MR) is 106 cm³/mol. The third kappa shape index (κ3) is 3.13. The van der Waals surface area contributed by atoms with Crippen LogP contribution < -0.4 is 10.6 Å². The summed E-state index contributed by atoms with van der Waals surface area (Å²) in [7, 11) is 0. The number of aromatic amines is 1. The maximum atomic E-state index is 12.1. The van der Waals surface area contributed by atoms with Crippen LogP contribution in [0.4, 0.5) is 4.79 Å². The third-order valence-electron chi connectivity index (χ3n) is 6.27. The molecule has 2 aliphatic carbocycles. The van der Waals surface area contributed by atoms with Crippen LogP contribution in [0.25, 0.3) is 21.9 Å². The van der Waals surface area contributed by atoms with E-state index in [1.165, 1.54) is 17.4 Å². The van der Waals surface area contributed by atoms with Gasteiger partial charge < -0.3 is 15.6 Å². The van der Waals surface area contributed by atoms with Gasteiger partial charge in [-0.1, -0.05) is 0 Å². The third-order valence-corrected chi connectivity index (χ3v) is 6.27. The van der Waals surface area contributed by atoms with E-state index in [1.807, 2.05) is 18.6 Å². The van der Waals surface area contributed by atoms with Crippen LogP contribution in [0.3, 0.4) is 0 Å². The van der Waals surface area contributed by atoms with E-state index in [0.717, 1.165) is 55.1 Å². The summed E-state index contributed by atoms with van der Waals surface area (Å²) in [6, 6.07) is 4.95. The second kappa shape index (κ2) is 6.83. The van der Waals surface area contributed by atoms with Crippen molar-refractivity contribution in [2.24, 2.45) is 0 Å². The van der Waals surface area contributed by atoms with Gasteiger partial charge in [-0.05, 0) is 68.6 Å². The number of hydrogen-bond acceptors (Lipinski definition) is 3. The Labute approximate surface area is 158 Å². The topological polar surface area (TPSA) is 82.7 Å². The van der Waals surface area contributed by atoms with E-state index in [9.17, 15) is 4.79 Å². The highest BCUT2D eigenvalue weighted by Crippen LogP contribution is 2.38. The monoisotopic (exact) mass is 363 g/mol. The summed E-state index contributed by atoms with van der Waals surface area (Å²) >= 11 is 0. The normalized spacial score (nSPS) is 23.3. The number of nitrogens with zero attached hydrogens (tertiary/aromatic N) is 2. The number of pyridine rings is 2. The Morgan fingerprint density at radius 1 is 1.00 bits per heavy atom. The zero-order chi connectivity index (χ0) is 18.2. The number of hydrogen-bond donors (Lipinski definition) is 3. The molecule has 140 valence electrons. The summed E-state index contributed by atoms with van der Waals surface area (Å²) in [5.74, 6) is 0.510. The number of nitrogens with one attached hydrogen (secondary N) is 3. The molecule has 0 unspecified atom stereocenters. The first-order chi connectivity index (χ1) is 13.3. The van der Waals surface area contributed by atoms with Crippen LogP contribution in [0, 0.1) is 0 Å². The quantitative estimate of drug-likeness (QED) is 0.658. The highest BCUT2D eigenvalue weighted by molar-refractivity contribution is 6.05. The lowest BCUT2D eigenvalue weighted by Gasteiger charge is -2.32. The minimum atomic E-state index is 0.0125. The van der Waals surface area contributed by atoms with Crippen molar-refractivity contribution in [3.05, 3.63) is 36.3 Å². The molecule has 0 atom stereocenters. The van der Waals surface area contributed by atoms with Gasteiger partial charge in [-0.25, -0.2) is 14.8 Å². The maximum Gasteiger partial charge on any atom is 0.315 e. The summed E-state index contributed by atoms with van der Waals surface area (Å²) < 4.78 is 0. The van der Waals surface area contributed by atoms with Crippen molar-refractivity contribution in [3.63, 3.8) is 0 Å². The first-order valence-electron chi connectivity index (χ1n) is 10.1. The molecule has 3 aromatic rings. The van der Waals surface area contributed by atoms with Gasteiger partial charge in [0.05, 0.1) is 11.7 Å². The van der Waals surface area contributed by atoms with Gasteiger partial charge >= 0.3 is 6.03 Å². The maximum absolute atomic E-state index is 12.1. The van der Waals surface area contributed by atoms with E-state index in [0.29, 0.717) is 12.0 Å². The number of carbonyl (C=O) groups is 1. The summed E-state index contributed by atoms with van der Waals surface area (Å²) in [6.45, 7) is 0. The van der Waals surface area contributed by atoms with E-state index in [4.69, 9.17) is 0 Å². The fourth-order valence-electron chi connectivity index (χ4n) is 4.54. The molecule has 0 bridgehead atoms. The van der Waals surface area contributed by atoms with Gasteiger partial charge in [-0.2, -0.15) is 0 Å². The Morgan fingerprint density at radius 2 is 1.78 bits per heavy atom. The van der Waals surface area contributed by atoms with Crippen LogP contribution >= 0.6 is 0 Å². The Kier molecular flexibility index (Phi) is 4.19. The van der Waals surface area contributed by atoms with E-state index < -0.39 is 0 Å². The molecule has 2 aliphatic rings. The molecule has 2 fully saturated rings. The van der Waals surface area contributed by atoms with Gasteiger partial charge in [0.2, 0.25) is 0 Å². The molecular formula is C21H25N5O. The molecule has 0 saturated heterocycles. The highest BCUT2D eigenvalue weighted by Gasteiger charge is 2.26. The van der Waals surface area contributed by atoms with Gasteiger partial charge in [0.25, 0.3) is 0 Å². The van der Waals surface area contributed by atoms with E-state index in [2.05, 4.69) is 37.7 Å². The van der Waals surface area contributed by atoms with E-state index >= 15 is 0 Å². The van der Waals surface area contributed by atoms with E-state index in [-0.39, 0.29) is 12.1 Å². The SMILES string of the molecule is O=C(NC1CCC1)NC1CCC(c2cc[nH]c3cnc4nccc4c23)CC1. The van der Waals surface area contributed by atoms with Gasteiger partial charge in [0.15, 0.2) is 5.65 Å². The lowest BCUT2D eigenvalue weighted by atomic mass is 9.80. The smallest absolute Gasteiger partial charge is 0.315 e. The molecule has 6 heteroatoms. The number of fused-ring (bicyclic) bond motifs is 3. The lowest BCUT2D eigenvalue weighted by molar-refractivity contribution is 0.219. The van der Waals surface area contributed by atoms with Crippen molar-refractivity contribution < 1.29 is 4.79 Å². The standard InChI is InChI=1S/C21H25N5O/c27-21(25-14-2-1-3-14)26-15-6-4-13(5-7-15)16-8-10-22-18-12-24-20-17(19(16)18)9-11-23-20/h8-15,22H,1-7H2,(H2,25,26,27). The van der Waals surface area contributed by atoms with Crippen molar-refractivity contribution in [2.75, 3.05) is 0 Å². The summed E-state index contributed by atoms with van der Waals surface area (Å²) in [6.07, 6.45) is 13.4. The summed E-state index contributed by atoms with van der Waals surface area (Å²) in [5.41, 5.74) is 3.25. The van der Waals surface area contributed by atoms with Crippen molar-refractivity contribution in [3.8, 4) is 0 Å². The molecule has 27 heavy (non-hydrogen) atoms. The second-order valence-corrected chi connectivity index (χ2v) is 7.96. The molecule has 0 radical (unpaired) electrons. The highest BCUT2D eigenvalue weighted by atomic mass is 16.2. The number of H-pyrrole nitrogens is 1. The Hall–Kier alpha value is -2.63. The van der Waals surface area contributed by atoms with Crippen LogP contribution in [0.15, 0.2) is 30.7 Å². The van der Waals surface area contributed by atoms with Crippen molar-refractivity contribution >= 4 is 28.0 Å². The first-order valence-corrected chi connectivity index (χ1v) is 10.1. The van der Waals surface area contributed by atoms with Gasteiger partial charge in [-0.15, -0.1) is 0 Å². The lowest BCUT2D eigenvalue weighted by Crippen LogP contribution is -2.49. The average molecular weight is 363 g/mol. The summed E-state index contributed by atoms with van der Waals surface area (Å²) in [5, 5.41) is 8.63. The van der Waals surface area contributed by atoms with Crippen LogP contribution in [-0.2, 0) is 0 Å². The number of urea groups is 1. The molecule has 3 aromatic heterocycles. The van der Waals surface area contributed by atoms with Gasteiger partial charge in [0.1, 0.15) is 0 Å². The van der Waals surface area contributed by atoms with E-state index in [1.54, 1.807) is 0 Å². The zero-order valence-corrected chi connectivity index (χ0v) is 15.4. The molecule has 0 aliphatic heterocycles. The number of rotatable bonds is 3. The van der Waals surface area contributed by atoms with Crippen molar-refractivity contribution in [2.45, 2.75) is 62.9 Å². The minimum absolute atomic E-state index is 0.0125. The first kappa shape index (κ1) is 16.5. The van der Waals surface area contributed by atoms with Crippen molar-refractivity contribution in [1.29, 1.82) is 0 Å². The molecule has 6 nitrogen and oxygen atoms in total. The number of aromatic nitrogens is 3. The van der Waals surface area contributed by atoms with Crippen LogP contribution in [0.2, 0.25) is 0 Å². The van der Waals surface area contributed by atoms with Crippen LogP contribution in [0.5, 0.6) is 0 Å². The molecular weight excluding hydrogens is 338 g/mol. The molecule has 3 heterocycles. The fraction of sp³-hybridized carbons (Fsp3) is 0.476. The molecule has 2 saturated carbocycles. The molecule has 2 amide bonds. The molecule has 3 N–H and O–H groups in total. The predicted octanol–water partition coefficient (Wildman–Crippen LogP) is 3.99. The van der Waals surface area contributed by atoms with Gasteiger partial charge in [0, 0.05) is 35.2 Å². The summed E-state index contributed by atoms with van der Waals surface area (Å²) in [4.78, 5) is 24.2. The van der Waals surface area contributed by atoms with Crippen molar-refractivity contribution in [1.82, 2.24) is 25.6 Å². The van der Waals surface area contributed by atoms with Crippen LogP contribution in [0.1, 0.15) is 56.4 Å². The number of amides is 2. The average Bonchev–Trinajstić information content (AvgIpc) is 3.14. The Bertz CT molecular complexity index is 969. The Morgan fingerprint density at radius 3 is 2.52 bits per heavy atom. The molecule has 0 spiro atoms. The molecule has 5 rings (SSSR count). The van der Waals surface area contributed by atoms with Gasteiger partial charge in [-0.3, -0.25) is 0 Å². The number of carbonyl (C=O) groups excluding carboxylic acids is 1. The fourth-order valence-corrected chi connectivity index (χ4v) is 4.54. The minimum Gasteiger partial charge on any atom is -0.360 e. The van der Waals surface area contributed by atoms with Crippen LogP contribution in [-0.4, -0.2) is 33.1 Å². The second-order valence-electron chi connectivity index (χ2n) is 7.96.